The van der Waals surface area contributed by atoms with Gasteiger partial charge in [0, 0.05) is 23.6 Å². The molecule has 0 unspecified atom stereocenters. The number of rotatable bonds is 4. The fraction of sp³-hybridized carbons (Fsp3) is 0.368. The number of aliphatic hydroxyl groups is 1. The number of benzene rings is 1. The summed E-state index contributed by atoms with van der Waals surface area (Å²) in [5.41, 5.74) is 1.33. The van der Waals surface area contributed by atoms with Crippen LogP contribution in [0.4, 0.5) is 0 Å². The molecule has 0 spiro atoms. The lowest BCUT2D eigenvalue weighted by molar-refractivity contribution is -0.158. The summed E-state index contributed by atoms with van der Waals surface area (Å²) in [6.07, 6.45) is 1.64. The summed E-state index contributed by atoms with van der Waals surface area (Å²) < 4.78 is 5.23. The first-order valence-corrected chi connectivity index (χ1v) is 8.21. The van der Waals surface area contributed by atoms with Crippen LogP contribution in [0.15, 0.2) is 41.7 Å². The highest BCUT2D eigenvalue weighted by Gasteiger charge is 2.51. The third-order valence-electron chi connectivity index (χ3n) is 4.78. The predicted octanol–water partition coefficient (Wildman–Crippen LogP) is 1.80. The molecule has 2 aromatic rings. The Hall–Kier alpha value is -2.60. The minimum Gasteiger partial charge on any atom is -0.461 e. The van der Waals surface area contributed by atoms with Crippen molar-refractivity contribution < 1.29 is 14.6 Å². The summed E-state index contributed by atoms with van der Waals surface area (Å²) in [6, 6.07) is 7.60. The molecule has 1 heterocycles. The molecule has 6 heteroatoms. The van der Waals surface area contributed by atoms with Gasteiger partial charge in [-0.2, -0.15) is 0 Å². The predicted molar refractivity (Wildman–Crippen MR) is 93.4 cm³/mol. The van der Waals surface area contributed by atoms with E-state index >= 15 is 0 Å². The van der Waals surface area contributed by atoms with Gasteiger partial charge >= 0.3 is 5.97 Å². The second-order valence-corrected chi connectivity index (χ2v) is 6.79. The van der Waals surface area contributed by atoms with E-state index in [2.05, 4.69) is 16.8 Å². The fourth-order valence-corrected chi connectivity index (χ4v) is 3.62. The molecule has 3 atom stereocenters. The van der Waals surface area contributed by atoms with E-state index in [9.17, 15) is 14.7 Å². The molecule has 0 amide bonds. The number of carbonyl (C=O) groups excluding carboxylic acids is 1. The molecule has 1 aromatic heterocycles. The highest BCUT2D eigenvalue weighted by atomic mass is 16.5. The van der Waals surface area contributed by atoms with E-state index in [4.69, 9.17) is 4.74 Å². The van der Waals surface area contributed by atoms with Gasteiger partial charge in [-0.15, -0.1) is 0 Å². The standard InChI is InChI=1S/C19H22N2O4/c1-4-9-25-18(23)16-14(12-7-5-11(2)6-8-12)15-13(10-19(16,3)24)20-21-17(15)22/h4-8,14,16,24H,1,9-10H2,2-3H3,(H2,20,21,22)/t14-,16+,19-/m1/s1. The first kappa shape index (κ1) is 17.2. The number of carbonyl (C=O) groups is 1. The molecule has 6 nitrogen and oxygen atoms in total. The second-order valence-electron chi connectivity index (χ2n) is 6.79. The number of hydrogen-bond donors (Lipinski definition) is 3. The number of H-pyrrole nitrogens is 2. The average Bonchev–Trinajstić information content (AvgIpc) is 2.91. The lowest BCUT2D eigenvalue weighted by Crippen LogP contribution is -2.50. The summed E-state index contributed by atoms with van der Waals surface area (Å²) in [5, 5.41) is 16.4. The van der Waals surface area contributed by atoms with Crippen LogP contribution in [0.3, 0.4) is 0 Å². The first-order valence-electron chi connectivity index (χ1n) is 8.21. The zero-order valence-electron chi connectivity index (χ0n) is 14.3. The lowest BCUT2D eigenvalue weighted by atomic mass is 9.66. The van der Waals surface area contributed by atoms with Crippen LogP contribution in [0, 0.1) is 12.8 Å². The van der Waals surface area contributed by atoms with Crippen LogP contribution < -0.4 is 5.56 Å². The molecule has 3 N–H and O–H groups in total. The molecule has 3 rings (SSSR count). The van der Waals surface area contributed by atoms with Gasteiger partial charge in [0.15, 0.2) is 0 Å². The Labute approximate surface area is 145 Å². The van der Waals surface area contributed by atoms with Gasteiger partial charge in [-0.1, -0.05) is 42.5 Å². The van der Waals surface area contributed by atoms with E-state index < -0.39 is 23.4 Å². The molecular weight excluding hydrogens is 320 g/mol. The summed E-state index contributed by atoms with van der Waals surface area (Å²) >= 11 is 0. The Bertz CT molecular complexity index is 845. The van der Waals surface area contributed by atoms with Crippen molar-refractivity contribution in [2.24, 2.45) is 5.92 Å². The van der Waals surface area contributed by atoms with Gasteiger partial charge in [0.25, 0.3) is 5.56 Å². The molecule has 1 aliphatic carbocycles. The molecule has 0 radical (unpaired) electrons. The van der Waals surface area contributed by atoms with Crippen molar-refractivity contribution in [1.29, 1.82) is 0 Å². The molecule has 0 saturated heterocycles. The number of aromatic nitrogens is 2. The molecule has 1 aromatic carbocycles. The third kappa shape index (κ3) is 3.05. The van der Waals surface area contributed by atoms with Crippen molar-refractivity contribution >= 4 is 5.97 Å². The quantitative estimate of drug-likeness (QED) is 0.583. The van der Waals surface area contributed by atoms with Crippen LogP contribution in [0.5, 0.6) is 0 Å². The van der Waals surface area contributed by atoms with Gasteiger partial charge in [-0.05, 0) is 19.4 Å². The van der Waals surface area contributed by atoms with Gasteiger partial charge in [-0.3, -0.25) is 14.7 Å². The van der Waals surface area contributed by atoms with Crippen molar-refractivity contribution in [3.05, 3.63) is 69.7 Å². The molecular formula is C19H22N2O4. The van der Waals surface area contributed by atoms with Gasteiger partial charge in [-0.25, -0.2) is 0 Å². The summed E-state index contributed by atoms with van der Waals surface area (Å²) in [4.78, 5) is 25.1. The van der Waals surface area contributed by atoms with Gasteiger partial charge in [0.1, 0.15) is 6.61 Å². The average molecular weight is 342 g/mol. The number of ether oxygens (including phenoxy) is 1. The van der Waals surface area contributed by atoms with Crippen LogP contribution in [-0.4, -0.2) is 33.5 Å². The zero-order valence-corrected chi connectivity index (χ0v) is 14.3. The maximum atomic E-state index is 12.7. The van der Waals surface area contributed by atoms with Crippen LogP contribution in [0.2, 0.25) is 0 Å². The maximum Gasteiger partial charge on any atom is 0.313 e. The smallest absolute Gasteiger partial charge is 0.313 e. The van der Waals surface area contributed by atoms with Crippen LogP contribution >= 0.6 is 0 Å². The van der Waals surface area contributed by atoms with Gasteiger partial charge < -0.3 is 14.9 Å². The maximum absolute atomic E-state index is 12.7. The molecule has 25 heavy (non-hydrogen) atoms. The minimum absolute atomic E-state index is 0.0579. The Morgan fingerprint density at radius 3 is 2.72 bits per heavy atom. The first-order chi connectivity index (χ1) is 11.8. The summed E-state index contributed by atoms with van der Waals surface area (Å²) in [5.74, 6) is -2.02. The van der Waals surface area contributed by atoms with Crippen LogP contribution in [0.1, 0.15) is 35.2 Å². The summed E-state index contributed by atoms with van der Waals surface area (Å²) in [7, 11) is 0. The number of esters is 1. The lowest BCUT2D eigenvalue weighted by Gasteiger charge is -2.40. The highest BCUT2D eigenvalue weighted by molar-refractivity contribution is 5.77. The Balaban J connectivity index is 2.16. The number of aryl methyl sites for hydroxylation is 1. The van der Waals surface area contributed by atoms with E-state index in [1.807, 2.05) is 31.2 Å². The number of hydrogen-bond acceptors (Lipinski definition) is 4. The van der Waals surface area contributed by atoms with Crippen LogP contribution in [-0.2, 0) is 16.0 Å². The number of fused-ring (bicyclic) bond motifs is 1. The molecule has 1 aliphatic rings. The van der Waals surface area contributed by atoms with E-state index in [0.717, 1.165) is 11.1 Å². The number of aromatic amines is 2. The van der Waals surface area contributed by atoms with Gasteiger partial charge in [0.2, 0.25) is 0 Å². The van der Waals surface area contributed by atoms with Crippen molar-refractivity contribution in [2.75, 3.05) is 6.61 Å². The van der Waals surface area contributed by atoms with E-state index in [1.165, 1.54) is 6.08 Å². The molecule has 132 valence electrons. The van der Waals surface area contributed by atoms with Crippen molar-refractivity contribution in [3.8, 4) is 0 Å². The van der Waals surface area contributed by atoms with Crippen molar-refractivity contribution in [2.45, 2.75) is 31.8 Å². The van der Waals surface area contributed by atoms with E-state index in [1.54, 1.807) is 6.92 Å². The normalized spacial score (nSPS) is 25.2. The molecule has 0 fully saturated rings. The van der Waals surface area contributed by atoms with E-state index in [0.29, 0.717) is 11.3 Å². The number of nitrogens with one attached hydrogen (secondary N) is 2. The third-order valence-corrected chi connectivity index (χ3v) is 4.78. The van der Waals surface area contributed by atoms with Gasteiger partial charge in [0.05, 0.1) is 11.5 Å². The minimum atomic E-state index is -1.36. The molecule has 0 aliphatic heterocycles. The Morgan fingerprint density at radius 1 is 1.40 bits per heavy atom. The molecule has 0 bridgehead atoms. The van der Waals surface area contributed by atoms with Crippen molar-refractivity contribution in [3.63, 3.8) is 0 Å². The van der Waals surface area contributed by atoms with Crippen LogP contribution in [0.25, 0.3) is 0 Å². The zero-order chi connectivity index (χ0) is 18.2. The largest absolute Gasteiger partial charge is 0.461 e. The van der Waals surface area contributed by atoms with E-state index in [-0.39, 0.29) is 18.6 Å². The topological polar surface area (TPSA) is 95.2 Å². The highest BCUT2D eigenvalue weighted by Crippen LogP contribution is 2.44. The second kappa shape index (κ2) is 6.37. The summed E-state index contributed by atoms with van der Waals surface area (Å²) in [6.45, 7) is 7.16. The Kier molecular flexibility index (Phi) is 4.39. The Morgan fingerprint density at radius 2 is 2.08 bits per heavy atom. The monoisotopic (exact) mass is 342 g/mol. The SMILES string of the molecule is C=CCOC(=O)[C@@H]1[C@H](c2ccc(C)cc2)c2c([nH][nH]c2=O)C[C@@]1(C)O. The fourth-order valence-electron chi connectivity index (χ4n) is 3.62. The molecule has 0 saturated carbocycles. The van der Waals surface area contributed by atoms with Crippen molar-refractivity contribution in [1.82, 2.24) is 10.2 Å².